The van der Waals surface area contributed by atoms with Crippen LogP contribution in [0.15, 0.2) is 18.2 Å². The molecule has 0 radical (unpaired) electrons. The molecule has 4 heteroatoms. The number of nitrogens with zero attached hydrogens (tertiary/aromatic N) is 1. The summed E-state index contributed by atoms with van der Waals surface area (Å²) in [6.07, 6.45) is 0. The van der Waals surface area contributed by atoms with Gasteiger partial charge in [0.1, 0.15) is 0 Å². The Balaban J connectivity index is 2.90. The third-order valence-electron chi connectivity index (χ3n) is 2.31. The lowest BCUT2D eigenvalue weighted by Crippen LogP contribution is -2.33. The van der Waals surface area contributed by atoms with E-state index in [1.165, 1.54) is 0 Å². The number of benzene rings is 1. The molecule has 3 N–H and O–H groups in total. The van der Waals surface area contributed by atoms with Gasteiger partial charge in [-0.1, -0.05) is 12.1 Å². The van der Waals surface area contributed by atoms with Gasteiger partial charge < -0.3 is 16.0 Å². The summed E-state index contributed by atoms with van der Waals surface area (Å²) in [6.45, 7) is 2.29. The molecule has 0 bridgehead atoms. The van der Waals surface area contributed by atoms with Crippen molar-refractivity contribution in [2.24, 2.45) is 0 Å². The highest BCUT2D eigenvalue weighted by Gasteiger charge is 2.10. The smallest absolute Gasteiger partial charge is 0.239 e. The fraction of sp³-hybridized carbons (Fsp3) is 0.364. The van der Waals surface area contributed by atoms with E-state index in [1.54, 1.807) is 7.05 Å². The number of hydrogen-bond donors (Lipinski definition) is 2. The van der Waals surface area contributed by atoms with Crippen LogP contribution in [-0.4, -0.2) is 26.5 Å². The predicted octanol–water partition coefficient (Wildman–Crippen LogP) is 0.759. The van der Waals surface area contributed by atoms with E-state index < -0.39 is 0 Å². The molecular formula is C11H17N3O. The van der Waals surface area contributed by atoms with Gasteiger partial charge in [0.25, 0.3) is 0 Å². The molecule has 0 spiro atoms. The van der Waals surface area contributed by atoms with Gasteiger partial charge in [-0.2, -0.15) is 0 Å². The number of likely N-dealkylation sites (N-methyl/N-ethyl adjacent to an activating group) is 2. The molecule has 0 aliphatic rings. The van der Waals surface area contributed by atoms with Crippen LogP contribution in [0.5, 0.6) is 0 Å². The molecule has 4 nitrogen and oxygen atoms in total. The molecule has 15 heavy (non-hydrogen) atoms. The Bertz CT molecular complexity index is 343. The highest BCUT2D eigenvalue weighted by Crippen LogP contribution is 2.25. The number of carbonyl (C=O) groups is 1. The number of rotatable bonds is 3. The van der Waals surface area contributed by atoms with Gasteiger partial charge in [0, 0.05) is 14.1 Å². The van der Waals surface area contributed by atoms with Crippen molar-refractivity contribution in [2.75, 3.05) is 31.3 Å². The first kappa shape index (κ1) is 11.4. The Kier molecular flexibility index (Phi) is 3.55. The van der Waals surface area contributed by atoms with Gasteiger partial charge in [-0.15, -0.1) is 0 Å². The van der Waals surface area contributed by atoms with E-state index >= 15 is 0 Å². The number of nitrogens with one attached hydrogen (secondary N) is 1. The summed E-state index contributed by atoms with van der Waals surface area (Å²) in [7, 11) is 3.48. The molecule has 0 aliphatic carbocycles. The van der Waals surface area contributed by atoms with Crippen LogP contribution >= 0.6 is 0 Å². The predicted molar refractivity (Wildman–Crippen MR) is 62.9 cm³/mol. The van der Waals surface area contributed by atoms with Crippen LogP contribution in [0.4, 0.5) is 11.4 Å². The molecule has 1 aromatic rings. The number of amides is 1. The molecule has 0 aromatic heterocycles. The van der Waals surface area contributed by atoms with Crippen LogP contribution < -0.4 is 16.0 Å². The summed E-state index contributed by atoms with van der Waals surface area (Å²) >= 11 is 0. The summed E-state index contributed by atoms with van der Waals surface area (Å²) < 4.78 is 0. The van der Waals surface area contributed by atoms with Crippen molar-refractivity contribution in [3.8, 4) is 0 Å². The standard InChI is InChI=1S/C11H17N3O/c1-8-5-4-6-9(12)11(8)14(3)7-10(15)13-2/h4-6H,7,12H2,1-3H3,(H,13,15). The molecule has 82 valence electrons. The van der Waals surface area contributed by atoms with E-state index in [9.17, 15) is 4.79 Å². The van der Waals surface area contributed by atoms with Gasteiger partial charge in [-0.25, -0.2) is 0 Å². The quantitative estimate of drug-likeness (QED) is 0.719. The maximum Gasteiger partial charge on any atom is 0.239 e. The molecule has 0 aliphatic heterocycles. The minimum atomic E-state index is -0.0276. The van der Waals surface area contributed by atoms with Crippen molar-refractivity contribution < 1.29 is 4.79 Å². The van der Waals surface area contributed by atoms with Gasteiger partial charge in [0.15, 0.2) is 0 Å². The number of anilines is 2. The summed E-state index contributed by atoms with van der Waals surface area (Å²) in [4.78, 5) is 13.1. The number of nitrogen functional groups attached to an aromatic ring is 1. The van der Waals surface area contributed by atoms with E-state index in [0.29, 0.717) is 12.2 Å². The first-order valence-electron chi connectivity index (χ1n) is 4.83. The zero-order valence-corrected chi connectivity index (χ0v) is 9.37. The van der Waals surface area contributed by atoms with Gasteiger partial charge in [0.05, 0.1) is 17.9 Å². The molecule has 1 amide bonds. The number of carbonyl (C=O) groups excluding carboxylic acids is 1. The lowest BCUT2D eigenvalue weighted by molar-refractivity contribution is -0.119. The molecule has 1 aromatic carbocycles. The fourth-order valence-corrected chi connectivity index (χ4v) is 1.58. The summed E-state index contributed by atoms with van der Waals surface area (Å²) in [5.74, 6) is -0.0276. The Morgan fingerprint density at radius 3 is 2.73 bits per heavy atom. The largest absolute Gasteiger partial charge is 0.397 e. The van der Waals surface area contributed by atoms with Crippen molar-refractivity contribution in [1.29, 1.82) is 0 Å². The number of nitrogens with two attached hydrogens (primary N) is 1. The van der Waals surface area contributed by atoms with E-state index in [-0.39, 0.29) is 5.91 Å². The molecule has 0 saturated heterocycles. The highest BCUT2D eigenvalue weighted by atomic mass is 16.1. The molecular weight excluding hydrogens is 190 g/mol. The lowest BCUT2D eigenvalue weighted by atomic mass is 10.1. The van der Waals surface area contributed by atoms with Crippen molar-refractivity contribution in [3.05, 3.63) is 23.8 Å². The third-order valence-corrected chi connectivity index (χ3v) is 2.31. The van der Waals surface area contributed by atoms with Crippen molar-refractivity contribution in [2.45, 2.75) is 6.92 Å². The third kappa shape index (κ3) is 2.62. The topological polar surface area (TPSA) is 58.4 Å². The van der Waals surface area contributed by atoms with Crippen LogP contribution in [0.25, 0.3) is 0 Å². The van der Waals surface area contributed by atoms with Crippen LogP contribution in [0.1, 0.15) is 5.56 Å². The van der Waals surface area contributed by atoms with E-state index in [4.69, 9.17) is 5.73 Å². The normalized spacial score (nSPS) is 9.80. The van der Waals surface area contributed by atoms with Crippen molar-refractivity contribution >= 4 is 17.3 Å². The average Bonchev–Trinajstić information content (AvgIpc) is 2.17. The van der Waals surface area contributed by atoms with Gasteiger partial charge in [-0.3, -0.25) is 4.79 Å². The van der Waals surface area contributed by atoms with Gasteiger partial charge in [0.2, 0.25) is 5.91 Å². The average molecular weight is 207 g/mol. The Morgan fingerprint density at radius 2 is 2.20 bits per heavy atom. The van der Waals surface area contributed by atoms with Crippen LogP contribution in [-0.2, 0) is 4.79 Å². The second kappa shape index (κ2) is 4.68. The fourth-order valence-electron chi connectivity index (χ4n) is 1.58. The Labute approximate surface area is 90.1 Å². The molecule has 1 rings (SSSR count). The molecule has 0 heterocycles. The summed E-state index contributed by atoms with van der Waals surface area (Å²) in [5, 5.41) is 2.58. The second-order valence-electron chi connectivity index (χ2n) is 3.54. The maximum absolute atomic E-state index is 11.2. The first-order chi connectivity index (χ1) is 7.06. The molecule has 0 unspecified atom stereocenters. The van der Waals surface area contributed by atoms with E-state index in [1.807, 2.05) is 37.1 Å². The number of aryl methyl sites for hydroxylation is 1. The zero-order valence-electron chi connectivity index (χ0n) is 9.37. The van der Waals surface area contributed by atoms with Crippen LogP contribution in [0.2, 0.25) is 0 Å². The zero-order chi connectivity index (χ0) is 11.4. The monoisotopic (exact) mass is 207 g/mol. The Morgan fingerprint density at radius 1 is 1.53 bits per heavy atom. The second-order valence-corrected chi connectivity index (χ2v) is 3.54. The lowest BCUT2D eigenvalue weighted by Gasteiger charge is -2.22. The van der Waals surface area contributed by atoms with Gasteiger partial charge >= 0.3 is 0 Å². The number of hydrogen-bond acceptors (Lipinski definition) is 3. The maximum atomic E-state index is 11.2. The first-order valence-corrected chi connectivity index (χ1v) is 4.83. The molecule has 0 fully saturated rings. The van der Waals surface area contributed by atoms with Gasteiger partial charge in [-0.05, 0) is 18.6 Å². The van der Waals surface area contributed by atoms with E-state index in [2.05, 4.69) is 5.32 Å². The van der Waals surface area contributed by atoms with E-state index in [0.717, 1.165) is 11.3 Å². The summed E-state index contributed by atoms with van der Waals surface area (Å²) in [5.41, 5.74) is 8.55. The van der Waals surface area contributed by atoms with Crippen LogP contribution in [0, 0.1) is 6.92 Å². The molecule has 0 atom stereocenters. The van der Waals surface area contributed by atoms with Crippen molar-refractivity contribution in [3.63, 3.8) is 0 Å². The van der Waals surface area contributed by atoms with Crippen LogP contribution in [0.3, 0.4) is 0 Å². The minimum absolute atomic E-state index is 0.0276. The summed E-state index contributed by atoms with van der Waals surface area (Å²) in [6, 6.07) is 5.72. The SMILES string of the molecule is CNC(=O)CN(C)c1c(C)cccc1N. The van der Waals surface area contributed by atoms with Crippen molar-refractivity contribution in [1.82, 2.24) is 5.32 Å². The number of para-hydroxylation sites is 1. The molecule has 0 saturated carbocycles. The Hall–Kier alpha value is -1.71. The minimum Gasteiger partial charge on any atom is -0.397 e. The highest BCUT2D eigenvalue weighted by molar-refractivity contribution is 5.83.